The van der Waals surface area contributed by atoms with Crippen LogP contribution in [0, 0.1) is 0 Å². The number of rotatable bonds is 3. The summed E-state index contributed by atoms with van der Waals surface area (Å²) in [5.74, 6) is 1.43. The minimum Gasteiger partial charge on any atom is -0.496 e. The highest BCUT2D eigenvalue weighted by Gasteiger charge is 2.17. The molecular weight excluding hydrogens is 332 g/mol. The van der Waals surface area contributed by atoms with Gasteiger partial charge < -0.3 is 4.74 Å². The van der Waals surface area contributed by atoms with Gasteiger partial charge in [-0.1, -0.05) is 53.3 Å². The summed E-state index contributed by atoms with van der Waals surface area (Å²) in [4.78, 5) is 0.723. The molecule has 0 radical (unpaired) electrons. The molecule has 0 N–H and O–H groups in total. The molecule has 0 fully saturated rings. The Kier molecular flexibility index (Phi) is 3.48. The predicted molar refractivity (Wildman–Crippen MR) is 91.1 cm³/mol. The first-order valence-corrected chi connectivity index (χ1v) is 8.07. The summed E-state index contributed by atoms with van der Waals surface area (Å²) < 4.78 is 7.15. The van der Waals surface area contributed by atoms with Crippen LogP contribution >= 0.6 is 22.9 Å². The van der Waals surface area contributed by atoms with Crippen molar-refractivity contribution < 1.29 is 4.74 Å². The Morgan fingerprint density at radius 2 is 1.91 bits per heavy atom. The number of halogens is 1. The number of nitrogens with zero attached hydrogens (tertiary/aromatic N) is 4. The number of hydrogen-bond donors (Lipinski definition) is 0. The normalized spacial score (nSPS) is 11.0. The number of hydrogen-bond acceptors (Lipinski definition) is 5. The van der Waals surface area contributed by atoms with Crippen molar-refractivity contribution in [1.29, 1.82) is 0 Å². The first kappa shape index (κ1) is 14.2. The highest BCUT2D eigenvalue weighted by Crippen LogP contribution is 2.35. The smallest absolute Gasteiger partial charge is 0.235 e. The van der Waals surface area contributed by atoms with Crippen LogP contribution in [-0.4, -0.2) is 26.9 Å². The predicted octanol–water partition coefficient (Wildman–Crippen LogP) is 4.18. The molecule has 5 nitrogen and oxygen atoms in total. The molecule has 2 aromatic carbocycles. The molecule has 0 bridgehead atoms. The lowest BCUT2D eigenvalue weighted by molar-refractivity contribution is 0.416. The van der Waals surface area contributed by atoms with E-state index in [2.05, 4.69) is 15.3 Å². The molecule has 0 spiro atoms. The number of benzene rings is 2. The summed E-state index contributed by atoms with van der Waals surface area (Å²) in [5, 5.41) is 14.5. The van der Waals surface area contributed by atoms with Crippen LogP contribution < -0.4 is 4.74 Å². The molecule has 4 rings (SSSR count). The fraction of sp³-hybridized carbons (Fsp3) is 0.0625. The molecule has 0 aliphatic rings. The van der Waals surface area contributed by atoms with Crippen LogP contribution in [0.3, 0.4) is 0 Å². The maximum Gasteiger partial charge on any atom is 0.235 e. The molecule has 0 unspecified atom stereocenters. The van der Waals surface area contributed by atoms with Crippen molar-refractivity contribution in [2.24, 2.45) is 0 Å². The Morgan fingerprint density at radius 3 is 2.70 bits per heavy atom. The molecule has 0 aliphatic heterocycles. The van der Waals surface area contributed by atoms with Gasteiger partial charge in [-0.3, -0.25) is 0 Å². The zero-order valence-corrected chi connectivity index (χ0v) is 13.7. The monoisotopic (exact) mass is 342 g/mol. The zero-order chi connectivity index (χ0) is 15.8. The fourth-order valence-corrected chi connectivity index (χ4v) is 3.37. The molecule has 0 aliphatic carbocycles. The highest BCUT2D eigenvalue weighted by atomic mass is 35.5. The Balaban J connectivity index is 1.88. The van der Waals surface area contributed by atoms with Crippen LogP contribution in [0.25, 0.3) is 26.9 Å². The average molecular weight is 343 g/mol. The van der Waals surface area contributed by atoms with E-state index in [1.54, 1.807) is 17.7 Å². The van der Waals surface area contributed by atoms with E-state index in [9.17, 15) is 0 Å². The molecule has 0 atom stereocenters. The van der Waals surface area contributed by atoms with Crippen molar-refractivity contribution in [2.75, 3.05) is 7.11 Å². The van der Waals surface area contributed by atoms with Crippen molar-refractivity contribution in [2.45, 2.75) is 0 Å². The summed E-state index contributed by atoms with van der Waals surface area (Å²) in [6.07, 6.45) is 0. The number of methoxy groups -OCH3 is 1. The number of fused-ring (bicyclic) bond motifs is 1. The summed E-state index contributed by atoms with van der Waals surface area (Å²) in [5.41, 5.74) is 1.81. The van der Waals surface area contributed by atoms with Gasteiger partial charge >= 0.3 is 0 Å². The third-order valence-electron chi connectivity index (χ3n) is 3.41. The third kappa shape index (κ3) is 2.46. The molecule has 114 valence electrons. The van der Waals surface area contributed by atoms with E-state index < -0.39 is 0 Å². The Morgan fingerprint density at radius 1 is 1.09 bits per heavy atom. The Labute approximate surface area is 141 Å². The van der Waals surface area contributed by atoms with Gasteiger partial charge in [0.05, 0.1) is 12.7 Å². The van der Waals surface area contributed by atoms with Crippen LogP contribution in [0.4, 0.5) is 0 Å². The van der Waals surface area contributed by atoms with Gasteiger partial charge in [-0.15, -0.1) is 10.2 Å². The van der Waals surface area contributed by atoms with Crippen LogP contribution in [-0.2, 0) is 0 Å². The van der Waals surface area contributed by atoms with Crippen LogP contribution in [0.15, 0.2) is 48.5 Å². The molecule has 4 aromatic rings. The van der Waals surface area contributed by atoms with Gasteiger partial charge in [0.1, 0.15) is 5.75 Å². The van der Waals surface area contributed by atoms with E-state index in [0.29, 0.717) is 10.8 Å². The van der Waals surface area contributed by atoms with Gasteiger partial charge in [-0.25, -0.2) is 0 Å². The fourth-order valence-electron chi connectivity index (χ4n) is 2.34. The van der Waals surface area contributed by atoms with Crippen molar-refractivity contribution in [3.63, 3.8) is 0 Å². The molecule has 23 heavy (non-hydrogen) atoms. The van der Waals surface area contributed by atoms with Gasteiger partial charge in [0.2, 0.25) is 4.96 Å². The SMILES string of the molecule is COc1ccc(Cl)cc1-c1nn2c(-c3ccccc3)nnc2s1. The topological polar surface area (TPSA) is 52.3 Å². The van der Waals surface area contributed by atoms with Gasteiger partial charge in [0.25, 0.3) is 0 Å². The molecule has 0 saturated heterocycles. The lowest BCUT2D eigenvalue weighted by Crippen LogP contribution is -1.92. The lowest BCUT2D eigenvalue weighted by atomic mass is 10.2. The van der Waals surface area contributed by atoms with Crippen molar-refractivity contribution in [3.8, 4) is 27.7 Å². The zero-order valence-electron chi connectivity index (χ0n) is 12.1. The quantitative estimate of drug-likeness (QED) is 0.560. The van der Waals surface area contributed by atoms with Gasteiger partial charge in [-0.05, 0) is 18.2 Å². The molecule has 0 amide bonds. The maximum absolute atomic E-state index is 6.11. The highest BCUT2D eigenvalue weighted by molar-refractivity contribution is 7.19. The summed E-state index contributed by atoms with van der Waals surface area (Å²) in [6, 6.07) is 15.3. The third-order valence-corrected chi connectivity index (χ3v) is 4.58. The van der Waals surface area contributed by atoms with Gasteiger partial charge in [0.15, 0.2) is 10.8 Å². The van der Waals surface area contributed by atoms with E-state index in [4.69, 9.17) is 16.3 Å². The second kappa shape index (κ2) is 5.64. The first-order valence-electron chi connectivity index (χ1n) is 6.88. The molecular formula is C16H11ClN4OS. The van der Waals surface area contributed by atoms with Crippen molar-refractivity contribution >= 4 is 27.9 Å². The number of aromatic nitrogens is 4. The Bertz CT molecular complexity index is 980. The second-order valence-electron chi connectivity index (χ2n) is 4.84. The minimum atomic E-state index is 0.634. The van der Waals surface area contributed by atoms with E-state index >= 15 is 0 Å². The van der Waals surface area contributed by atoms with Crippen molar-refractivity contribution in [1.82, 2.24) is 19.8 Å². The summed E-state index contributed by atoms with van der Waals surface area (Å²) in [7, 11) is 1.63. The minimum absolute atomic E-state index is 0.634. The molecule has 2 aromatic heterocycles. The second-order valence-corrected chi connectivity index (χ2v) is 6.23. The molecule has 0 saturated carbocycles. The average Bonchev–Trinajstić information content (AvgIpc) is 3.16. The van der Waals surface area contributed by atoms with Crippen LogP contribution in [0.1, 0.15) is 0 Å². The van der Waals surface area contributed by atoms with Crippen LogP contribution in [0.2, 0.25) is 5.02 Å². The van der Waals surface area contributed by atoms with E-state index in [1.807, 2.05) is 42.5 Å². The van der Waals surface area contributed by atoms with Crippen molar-refractivity contribution in [3.05, 3.63) is 53.6 Å². The largest absolute Gasteiger partial charge is 0.496 e. The van der Waals surface area contributed by atoms with E-state index in [0.717, 1.165) is 26.8 Å². The molecule has 7 heteroatoms. The van der Waals surface area contributed by atoms with E-state index in [1.165, 1.54) is 11.3 Å². The Hall–Kier alpha value is -2.44. The summed E-state index contributed by atoms with van der Waals surface area (Å²) in [6.45, 7) is 0. The number of ether oxygens (including phenoxy) is 1. The van der Waals surface area contributed by atoms with E-state index in [-0.39, 0.29) is 0 Å². The first-order chi connectivity index (χ1) is 11.3. The lowest BCUT2D eigenvalue weighted by Gasteiger charge is -2.05. The van der Waals surface area contributed by atoms with Crippen LogP contribution in [0.5, 0.6) is 5.75 Å². The summed E-state index contributed by atoms with van der Waals surface area (Å²) >= 11 is 7.55. The standard InChI is InChI=1S/C16H11ClN4OS/c1-22-13-8-7-11(17)9-12(13)15-20-21-14(18-19-16(21)23-15)10-5-3-2-4-6-10/h2-9H,1H3. The van der Waals surface area contributed by atoms with Gasteiger partial charge in [-0.2, -0.15) is 9.61 Å². The maximum atomic E-state index is 6.11. The molecule has 2 heterocycles. The van der Waals surface area contributed by atoms with Gasteiger partial charge in [0, 0.05) is 10.6 Å².